The normalized spacial score (nSPS) is 11.0. The van der Waals surface area contributed by atoms with Crippen LogP contribution in [0.5, 0.6) is 5.75 Å². The number of carbonyl (C=O) groups excluding carboxylic acids is 1. The van der Waals surface area contributed by atoms with Gasteiger partial charge >= 0.3 is 6.16 Å². The first-order valence-electron chi connectivity index (χ1n) is 8.22. The lowest BCUT2D eigenvalue weighted by molar-refractivity contribution is 0.0879. The van der Waals surface area contributed by atoms with Gasteiger partial charge in [-0.1, -0.05) is 67.4 Å². The molecule has 2 aromatic carbocycles. The predicted octanol–water partition coefficient (Wildman–Crippen LogP) is 5.94. The van der Waals surface area contributed by atoms with E-state index >= 15 is 0 Å². The molecule has 0 bridgehead atoms. The summed E-state index contributed by atoms with van der Waals surface area (Å²) in [5, 5.41) is 0.556. The third-order valence-electron chi connectivity index (χ3n) is 3.63. The summed E-state index contributed by atoms with van der Waals surface area (Å²) in [4.78, 5) is 25.0. The lowest BCUT2D eigenvalue weighted by Crippen LogP contribution is -2.19. The number of benzene rings is 2. The van der Waals surface area contributed by atoms with Crippen molar-refractivity contribution in [1.82, 2.24) is 0 Å². The van der Waals surface area contributed by atoms with Crippen molar-refractivity contribution in [1.29, 1.82) is 0 Å². The van der Waals surface area contributed by atoms with E-state index < -0.39 is 11.6 Å². The van der Waals surface area contributed by atoms with Crippen LogP contribution in [-0.2, 0) is 4.74 Å². The number of rotatable bonds is 4. The van der Waals surface area contributed by atoms with E-state index in [1.807, 2.05) is 19.9 Å². The maximum Gasteiger partial charge on any atom is 0.514 e. The number of hydrogen-bond donors (Lipinski definition) is 0. The van der Waals surface area contributed by atoms with E-state index in [1.54, 1.807) is 24.3 Å². The summed E-state index contributed by atoms with van der Waals surface area (Å²) >= 11 is 12.2. The summed E-state index contributed by atoms with van der Waals surface area (Å²) in [5.41, 5.74) is 0.142. The van der Waals surface area contributed by atoms with Crippen molar-refractivity contribution < 1.29 is 18.7 Å². The van der Waals surface area contributed by atoms with Crippen molar-refractivity contribution >= 4 is 40.3 Å². The minimum atomic E-state index is -0.986. The van der Waals surface area contributed by atoms with Crippen LogP contribution in [0.3, 0.4) is 0 Å². The van der Waals surface area contributed by atoms with Crippen LogP contribution in [0.15, 0.2) is 51.7 Å². The molecule has 0 spiro atoms. The average molecular weight is 407 g/mol. The van der Waals surface area contributed by atoms with Crippen LogP contribution in [0.25, 0.3) is 22.3 Å². The van der Waals surface area contributed by atoms with E-state index in [1.165, 1.54) is 12.1 Å². The van der Waals surface area contributed by atoms with E-state index in [2.05, 4.69) is 0 Å². The molecule has 0 aliphatic rings. The second-order valence-electron chi connectivity index (χ2n) is 6.28. The monoisotopic (exact) mass is 406 g/mol. The van der Waals surface area contributed by atoms with Crippen molar-refractivity contribution in [2.75, 3.05) is 6.61 Å². The van der Waals surface area contributed by atoms with Crippen LogP contribution >= 0.6 is 23.2 Å². The molecular formula is C20H16Cl2O5. The van der Waals surface area contributed by atoms with Gasteiger partial charge in [0.15, 0.2) is 11.3 Å². The second kappa shape index (κ2) is 8.03. The standard InChI is InChI=1S/C20H16Cl2O5/c1-11(2)10-25-20(24)27-19-16(23)14-8-13(21)9-15(22)18(14)26-17(19)12-6-4-3-5-7-12/h3-9,11H,10H2,1-2H3. The minimum Gasteiger partial charge on any atom is -0.450 e. The quantitative estimate of drug-likeness (QED) is 0.501. The number of halogens is 2. The highest BCUT2D eigenvalue weighted by Gasteiger charge is 2.22. The van der Waals surface area contributed by atoms with Gasteiger partial charge in [-0.05, 0) is 18.1 Å². The molecular weight excluding hydrogens is 391 g/mol. The molecule has 0 atom stereocenters. The van der Waals surface area contributed by atoms with Gasteiger partial charge in [-0.15, -0.1) is 0 Å². The zero-order valence-corrected chi connectivity index (χ0v) is 16.1. The molecule has 1 aromatic heterocycles. The summed E-state index contributed by atoms with van der Waals surface area (Å²) in [6.45, 7) is 3.93. The van der Waals surface area contributed by atoms with Gasteiger partial charge in [0, 0.05) is 10.6 Å². The number of fused-ring (bicyclic) bond motifs is 1. The van der Waals surface area contributed by atoms with Gasteiger partial charge in [-0.2, -0.15) is 0 Å². The average Bonchev–Trinajstić information content (AvgIpc) is 2.63. The van der Waals surface area contributed by atoms with E-state index in [0.29, 0.717) is 5.56 Å². The molecule has 5 nitrogen and oxygen atoms in total. The Hall–Kier alpha value is -2.50. The fraction of sp³-hybridized carbons (Fsp3) is 0.200. The molecule has 0 unspecified atom stereocenters. The topological polar surface area (TPSA) is 65.7 Å². The summed E-state index contributed by atoms with van der Waals surface area (Å²) in [5.74, 6) is -0.0728. The van der Waals surface area contributed by atoms with Crippen molar-refractivity contribution in [2.45, 2.75) is 13.8 Å². The first kappa shape index (κ1) is 19.3. The van der Waals surface area contributed by atoms with Gasteiger partial charge in [0.25, 0.3) is 0 Å². The van der Waals surface area contributed by atoms with Crippen LogP contribution in [0.4, 0.5) is 4.79 Å². The van der Waals surface area contributed by atoms with Crippen molar-refractivity contribution in [3.63, 3.8) is 0 Å². The molecule has 3 aromatic rings. The molecule has 0 aliphatic heterocycles. The van der Waals surface area contributed by atoms with Gasteiger partial charge in [-0.3, -0.25) is 4.79 Å². The van der Waals surface area contributed by atoms with Gasteiger partial charge in [0.05, 0.1) is 17.0 Å². The fourth-order valence-electron chi connectivity index (χ4n) is 2.43. The molecule has 1 heterocycles. The van der Waals surface area contributed by atoms with E-state index in [9.17, 15) is 9.59 Å². The maximum atomic E-state index is 13.0. The van der Waals surface area contributed by atoms with Crippen LogP contribution in [0.2, 0.25) is 10.0 Å². The third-order valence-corrected chi connectivity index (χ3v) is 4.12. The highest BCUT2D eigenvalue weighted by Crippen LogP contribution is 2.35. The van der Waals surface area contributed by atoms with Crippen LogP contribution in [0, 0.1) is 5.92 Å². The molecule has 0 amide bonds. The summed E-state index contributed by atoms with van der Waals surface area (Å²) < 4.78 is 16.1. The summed E-state index contributed by atoms with van der Waals surface area (Å²) in [7, 11) is 0. The largest absolute Gasteiger partial charge is 0.514 e. The first-order valence-corrected chi connectivity index (χ1v) is 8.98. The molecule has 0 aliphatic carbocycles. The van der Waals surface area contributed by atoms with Crippen molar-refractivity contribution in [3.8, 4) is 17.1 Å². The Bertz CT molecular complexity index is 1040. The first-order chi connectivity index (χ1) is 12.9. The Kier molecular flexibility index (Phi) is 5.73. The molecule has 140 valence electrons. The molecule has 0 fully saturated rings. The summed E-state index contributed by atoms with van der Waals surface area (Å²) in [6.07, 6.45) is -0.986. The highest BCUT2D eigenvalue weighted by molar-refractivity contribution is 6.38. The number of carbonyl (C=O) groups is 1. The molecule has 3 rings (SSSR count). The molecule has 0 N–H and O–H groups in total. The minimum absolute atomic E-state index is 0.0822. The van der Waals surface area contributed by atoms with E-state index in [0.717, 1.165) is 0 Å². The highest BCUT2D eigenvalue weighted by atomic mass is 35.5. The van der Waals surface area contributed by atoms with Gasteiger partial charge in [0.1, 0.15) is 0 Å². The van der Waals surface area contributed by atoms with Crippen molar-refractivity contribution in [2.24, 2.45) is 5.92 Å². The smallest absolute Gasteiger partial charge is 0.450 e. The Morgan fingerprint density at radius 1 is 1.15 bits per heavy atom. The maximum absolute atomic E-state index is 13.0. The Balaban J connectivity index is 2.18. The van der Waals surface area contributed by atoms with E-state index in [4.69, 9.17) is 37.1 Å². The summed E-state index contributed by atoms with van der Waals surface area (Å²) in [6, 6.07) is 11.7. The Morgan fingerprint density at radius 2 is 1.85 bits per heavy atom. The van der Waals surface area contributed by atoms with Gasteiger partial charge < -0.3 is 13.9 Å². The van der Waals surface area contributed by atoms with E-state index in [-0.39, 0.29) is 45.0 Å². The second-order valence-corrected chi connectivity index (χ2v) is 7.12. The number of hydrogen-bond acceptors (Lipinski definition) is 5. The van der Waals surface area contributed by atoms with Crippen molar-refractivity contribution in [3.05, 3.63) is 62.7 Å². The molecule has 7 heteroatoms. The Morgan fingerprint density at radius 3 is 2.52 bits per heavy atom. The zero-order chi connectivity index (χ0) is 19.6. The zero-order valence-electron chi connectivity index (χ0n) is 14.6. The SMILES string of the molecule is CC(C)COC(=O)Oc1c(-c2ccccc2)oc2c(Cl)cc(Cl)cc2c1=O. The van der Waals surface area contributed by atoms with Gasteiger partial charge in [0.2, 0.25) is 11.2 Å². The van der Waals surface area contributed by atoms with Crippen LogP contribution < -0.4 is 10.2 Å². The molecule has 0 saturated carbocycles. The third kappa shape index (κ3) is 4.26. The lowest BCUT2D eigenvalue weighted by atomic mass is 10.1. The Labute approximate surface area is 165 Å². The van der Waals surface area contributed by atoms with Crippen LogP contribution in [-0.4, -0.2) is 12.8 Å². The lowest BCUT2D eigenvalue weighted by Gasteiger charge is -2.12. The fourth-order valence-corrected chi connectivity index (χ4v) is 2.96. The van der Waals surface area contributed by atoms with Crippen LogP contribution in [0.1, 0.15) is 13.8 Å². The predicted molar refractivity (Wildman–Crippen MR) is 105 cm³/mol. The molecule has 0 saturated heterocycles. The molecule has 27 heavy (non-hydrogen) atoms. The number of ether oxygens (including phenoxy) is 2. The van der Waals surface area contributed by atoms with Gasteiger partial charge in [-0.25, -0.2) is 4.79 Å². The molecule has 0 radical (unpaired) electrons.